The first-order chi connectivity index (χ1) is 10.1. The Morgan fingerprint density at radius 3 is 2.71 bits per heavy atom. The van der Waals surface area contributed by atoms with Crippen LogP contribution in [0, 0.1) is 17.7 Å². The Morgan fingerprint density at radius 1 is 1.29 bits per heavy atom. The summed E-state index contributed by atoms with van der Waals surface area (Å²) in [5, 5.41) is 11.5. The molecule has 0 aliphatic rings. The van der Waals surface area contributed by atoms with Crippen molar-refractivity contribution in [3.8, 4) is 11.8 Å². The zero-order valence-corrected chi connectivity index (χ0v) is 11.6. The first-order valence-corrected chi connectivity index (χ1v) is 6.45. The third kappa shape index (κ3) is 3.82. The lowest BCUT2D eigenvalue weighted by atomic mass is 10.1. The Balaban J connectivity index is 2.22. The molecule has 2 rings (SSSR count). The maximum atomic E-state index is 13.9. The van der Waals surface area contributed by atoms with Crippen LogP contribution >= 0.6 is 11.6 Å². The zero-order chi connectivity index (χ0) is 15.2. The predicted molar refractivity (Wildman–Crippen MR) is 79.8 cm³/mol. The lowest BCUT2D eigenvalue weighted by Crippen LogP contribution is -2.14. The first-order valence-electron chi connectivity index (χ1n) is 6.07. The summed E-state index contributed by atoms with van der Waals surface area (Å²) in [6.45, 7) is -0.309. The molecule has 2 N–H and O–H groups in total. The van der Waals surface area contributed by atoms with Gasteiger partial charge in [-0.15, -0.1) is 0 Å². The minimum absolute atomic E-state index is 0.107. The van der Waals surface area contributed by atoms with Gasteiger partial charge in [0, 0.05) is 5.56 Å². The van der Waals surface area contributed by atoms with Gasteiger partial charge in [0.1, 0.15) is 12.4 Å². The molecule has 106 valence electrons. The van der Waals surface area contributed by atoms with Gasteiger partial charge in [-0.25, -0.2) is 4.39 Å². The molecule has 0 aliphatic heterocycles. The van der Waals surface area contributed by atoms with Crippen molar-refractivity contribution in [2.45, 2.75) is 0 Å². The highest BCUT2D eigenvalue weighted by molar-refractivity contribution is 6.33. The Morgan fingerprint density at radius 2 is 2.05 bits per heavy atom. The van der Waals surface area contributed by atoms with E-state index >= 15 is 0 Å². The maximum Gasteiger partial charge on any atom is 0.258 e. The summed E-state index contributed by atoms with van der Waals surface area (Å²) in [5.74, 6) is 3.69. The molecular formula is C16H11ClFNO2. The summed E-state index contributed by atoms with van der Waals surface area (Å²) >= 11 is 5.93. The molecule has 0 unspecified atom stereocenters. The fourth-order valence-electron chi connectivity index (χ4n) is 1.67. The van der Waals surface area contributed by atoms with Crippen LogP contribution in [0.3, 0.4) is 0 Å². The van der Waals surface area contributed by atoms with Crippen LogP contribution in [-0.2, 0) is 0 Å². The molecule has 0 aromatic heterocycles. The Kier molecular flexibility index (Phi) is 4.94. The van der Waals surface area contributed by atoms with E-state index in [1.807, 2.05) is 0 Å². The number of anilines is 1. The van der Waals surface area contributed by atoms with Crippen molar-refractivity contribution in [2.75, 3.05) is 11.9 Å². The van der Waals surface area contributed by atoms with E-state index in [1.54, 1.807) is 24.3 Å². The van der Waals surface area contributed by atoms with Crippen LogP contribution in [0.25, 0.3) is 0 Å². The molecule has 0 bridgehead atoms. The minimum atomic E-state index is -0.690. The van der Waals surface area contributed by atoms with E-state index in [4.69, 9.17) is 16.7 Å². The summed E-state index contributed by atoms with van der Waals surface area (Å²) in [6.07, 6.45) is 0. The second-order valence-corrected chi connectivity index (χ2v) is 4.50. The predicted octanol–water partition coefficient (Wildman–Crippen LogP) is 3.08. The minimum Gasteiger partial charge on any atom is -0.384 e. The van der Waals surface area contributed by atoms with E-state index in [9.17, 15) is 9.18 Å². The number of amides is 1. The summed E-state index contributed by atoms with van der Waals surface area (Å²) in [5.41, 5.74) is 0.688. The zero-order valence-electron chi connectivity index (χ0n) is 10.9. The van der Waals surface area contributed by atoms with Crippen molar-refractivity contribution in [2.24, 2.45) is 0 Å². The van der Waals surface area contributed by atoms with Gasteiger partial charge in [0.25, 0.3) is 5.91 Å². The van der Waals surface area contributed by atoms with Gasteiger partial charge in [0.2, 0.25) is 0 Å². The standard InChI is InChI=1S/C16H11ClFNO2/c17-13-5-1-2-6-15(13)19-16(21)12-8-7-11(4-3-9-20)10-14(12)18/h1-2,5-8,10,20H,9H2,(H,19,21). The largest absolute Gasteiger partial charge is 0.384 e. The molecule has 2 aromatic rings. The molecule has 0 atom stereocenters. The number of carbonyl (C=O) groups excluding carboxylic acids is 1. The molecular weight excluding hydrogens is 293 g/mol. The van der Waals surface area contributed by atoms with E-state index in [2.05, 4.69) is 17.2 Å². The van der Waals surface area contributed by atoms with Crippen molar-refractivity contribution in [3.05, 3.63) is 64.4 Å². The summed E-state index contributed by atoms with van der Waals surface area (Å²) in [6, 6.07) is 10.7. The number of rotatable bonds is 2. The third-order valence-electron chi connectivity index (χ3n) is 2.65. The number of para-hydroxylation sites is 1. The molecule has 0 spiro atoms. The summed E-state index contributed by atoms with van der Waals surface area (Å²) in [7, 11) is 0. The van der Waals surface area contributed by atoms with Gasteiger partial charge in [-0.1, -0.05) is 35.6 Å². The molecule has 1 amide bonds. The van der Waals surface area contributed by atoms with E-state index < -0.39 is 11.7 Å². The Labute approximate surface area is 126 Å². The average molecular weight is 304 g/mol. The topological polar surface area (TPSA) is 49.3 Å². The van der Waals surface area contributed by atoms with Crippen LogP contribution in [0.1, 0.15) is 15.9 Å². The monoisotopic (exact) mass is 303 g/mol. The van der Waals surface area contributed by atoms with Crippen molar-refractivity contribution < 1.29 is 14.3 Å². The SMILES string of the molecule is O=C(Nc1ccccc1Cl)c1ccc(C#CCO)cc1F. The lowest BCUT2D eigenvalue weighted by molar-refractivity contribution is 0.102. The number of carbonyl (C=O) groups is 1. The van der Waals surface area contributed by atoms with Gasteiger partial charge in [-0.05, 0) is 30.3 Å². The highest BCUT2D eigenvalue weighted by Gasteiger charge is 2.13. The van der Waals surface area contributed by atoms with Gasteiger partial charge in [0.05, 0.1) is 16.3 Å². The van der Waals surface area contributed by atoms with Gasteiger partial charge < -0.3 is 10.4 Å². The first kappa shape index (κ1) is 15.0. The highest BCUT2D eigenvalue weighted by atomic mass is 35.5. The molecule has 5 heteroatoms. The molecule has 2 aromatic carbocycles. The molecule has 0 saturated heterocycles. The van der Waals surface area contributed by atoms with Crippen LogP contribution in [0.2, 0.25) is 5.02 Å². The number of benzene rings is 2. The van der Waals surface area contributed by atoms with Gasteiger partial charge >= 0.3 is 0 Å². The molecule has 0 heterocycles. The van der Waals surface area contributed by atoms with Crippen molar-refractivity contribution >= 4 is 23.2 Å². The number of aliphatic hydroxyl groups is 1. The van der Waals surface area contributed by atoms with E-state index in [-0.39, 0.29) is 12.2 Å². The Bertz CT molecular complexity index is 735. The number of halogens is 2. The summed E-state index contributed by atoms with van der Waals surface area (Å²) in [4.78, 5) is 12.0. The number of hydrogen-bond acceptors (Lipinski definition) is 2. The van der Waals surface area contributed by atoms with E-state index in [1.165, 1.54) is 12.1 Å². The number of hydrogen-bond donors (Lipinski definition) is 2. The molecule has 21 heavy (non-hydrogen) atoms. The van der Waals surface area contributed by atoms with Crippen LogP contribution in [0.4, 0.5) is 10.1 Å². The maximum absolute atomic E-state index is 13.9. The van der Waals surface area contributed by atoms with Crippen LogP contribution in [0.15, 0.2) is 42.5 Å². The van der Waals surface area contributed by atoms with Crippen molar-refractivity contribution in [1.29, 1.82) is 0 Å². The van der Waals surface area contributed by atoms with E-state index in [0.717, 1.165) is 6.07 Å². The number of nitrogens with one attached hydrogen (secondary N) is 1. The van der Waals surface area contributed by atoms with Crippen molar-refractivity contribution in [1.82, 2.24) is 0 Å². The van der Waals surface area contributed by atoms with Crippen LogP contribution < -0.4 is 5.32 Å². The van der Waals surface area contributed by atoms with Crippen molar-refractivity contribution in [3.63, 3.8) is 0 Å². The average Bonchev–Trinajstić information content (AvgIpc) is 2.47. The second kappa shape index (κ2) is 6.89. The number of aliphatic hydroxyl groups excluding tert-OH is 1. The van der Waals surface area contributed by atoms with E-state index in [0.29, 0.717) is 16.3 Å². The fourth-order valence-corrected chi connectivity index (χ4v) is 1.85. The molecule has 0 fully saturated rings. The third-order valence-corrected chi connectivity index (χ3v) is 2.98. The smallest absolute Gasteiger partial charge is 0.258 e. The van der Waals surface area contributed by atoms with Gasteiger partial charge in [-0.3, -0.25) is 4.79 Å². The van der Waals surface area contributed by atoms with Gasteiger partial charge in [-0.2, -0.15) is 0 Å². The lowest BCUT2D eigenvalue weighted by Gasteiger charge is -2.07. The summed E-state index contributed by atoms with van der Waals surface area (Å²) < 4.78 is 13.9. The Hall–Kier alpha value is -2.35. The molecule has 0 radical (unpaired) electrons. The quantitative estimate of drug-likeness (QED) is 0.838. The van der Waals surface area contributed by atoms with Crippen LogP contribution in [0.5, 0.6) is 0 Å². The molecule has 3 nitrogen and oxygen atoms in total. The fraction of sp³-hybridized carbons (Fsp3) is 0.0625. The van der Waals surface area contributed by atoms with Gasteiger partial charge in [0.15, 0.2) is 0 Å². The second-order valence-electron chi connectivity index (χ2n) is 4.09. The van der Waals surface area contributed by atoms with Crippen LogP contribution in [-0.4, -0.2) is 17.6 Å². The molecule has 0 saturated carbocycles. The normalized spacial score (nSPS) is 9.67. The highest BCUT2D eigenvalue weighted by Crippen LogP contribution is 2.21. The molecule has 0 aliphatic carbocycles.